The van der Waals surface area contributed by atoms with Gasteiger partial charge in [-0.3, -0.25) is 10.1 Å². The third-order valence-electron chi connectivity index (χ3n) is 2.65. The molecule has 0 aliphatic carbocycles. The number of nitrogens with zero attached hydrogens (tertiary/aromatic N) is 2. The number of ether oxygens (including phenoxy) is 2. The van der Waals surface area contributed by atoms with E-state index in [2.05, 4.69) is 15.9 Å². The van der Waals surface area contributed by atoms with E-state index in [0.29, 0.717) is 15.8 Å². The molecule has 0 aliphatic heterocycles. The summed E-state index contributed by atoms with van der Waals surface area (Å²) in [6.45, 7) is 0. The number of methoxy groups -OCH3 is 1. The minimum Gasteiger partial charge on any atom is -0.497 e. The highest BCUT2D eigenvalue weighted by Crippen LogP contribution is 2.35. The number of rotatable bonds is 4. The summed E-state index contributed by atoms with van der Waals surface area (Å²) < 4.78 is 11.2. The summed E-state index contributed by atoms with van der Waals surface area (Å²) in [7, 11) is 1.49. The van der Waals surface area contributed by atoms with E-state index in [-0.39, 0.29) is 17.2 Å². The molecule has 0 unspecified atom stereocenters. The average Bonchev–Trinajstić information content (AvgIpc) is 2.49. The van der Waals surface area contributed by atoms with E-state index in [1.165, 1.54) is 25.3 Å². The van der Waals surface area contributed by atoms with Crippen LogP contribution in [0.5, 0.6) is 17.2 Å². The lowest BCUT2D eigenvalue weighted by Crippen LogP contribution is -1.93. The fraction of sp³-hybridized carbons (Fsp3) is 0.0714. The highest BCUT2D eigenvalue weighted by molar-refractivity contribution is 9.10. The molecule has 6 nitrogen and oxygen atoms in total. The van der Waals surface area contributed by atoms with Gasteiger partial charge in [-0.1, -0.05) is 0 Å². The highest BCUT2D eigenvalue weighted by atomic mass is 79.9. The Labute approximate surface area is 128 Å². The van der Waals surface area contributed by atoms with Crippen LogP contribution in [0.2, 0.25) is 0 Å². The van der Waals surface area contributed by atoms with Gasteiger partial charge < -0.3 is 9.47 Å². The number of benzene rings is 2. The first kappa shape index (κ1) is 14.8. The SMILES string of the molecule is COc1ccc(C#N)c(Oc2cc([N+](=O)[O-])ccc2Br)c1. The maximum absolute atomic E-state index is 10.8. The molecular formula is C14H9BrN2O4. The van der Waals surface area contributed by atoms with Crippen molar-refractivity contribution >= 4 is 21.6 Å². The van der Waals surface area contributed by atoms with Crippen LogP contribution in [0, 0.1) is 21.4 Å². The molecule has 0 N–H and O–H groups in total. The third kappa shape index (κ3) is 3.30. The van der Waals surface area contributed by atoms with E-state index in [1.54, 1.807) is 18.2 Å². The zero-order valence-corrected chi connectivity index (χ0v) is 12.5. The van der Waals surface area contributed by atoms with Crippen molar-refractivity contribution in [3.63, 3.8) is 0 Å². The van der Waals surface area contributed by atoms with Crippen LogP contribution in [0.3, 0.4) is 0 Å². The number of halogens is 1. The Morgan fingerprint density at radius 1 is 1.24 bits per heavy atom. The molecule has 0 saturated heterocycles. The smallest absolute Gasteiger partial charge is 0.273 e. The molecule has 2 rings (SSSR count). The zero-order chi connectivity index (χ0) is 15.4. The summed E-state index contributed by atoms with van der Waals surface area (Å²) in [6, 6.07) is 10.9. The molecule has 0 aliphatic rings. The molecule has 106 valence electrons. The molecule has 0 spiro atoms. The lowest BCUT2D eigenvalue weighted by Gasteiger charge is -2.10. The molecular weight excluding hydrogens is 340 g/mol. The number of hydrogen-bond donors (Lipinski definition) is 0. The van der Waals surface area contributed by atoms with Gasteiger partial charge in [-0.2, -0.15) is 5.26 Å². The van der Waals surface area contributed by atoms with Crippen molar-refractivity contribution in [2.45, 2.75) is 0 Å². The van der Waals surface area contributed by atoms with Gasteiger partial charge in [0.1, 0.15) is 23.3 Å². The fourth-order valence-electron chi connectivity index (χ4n) is 1.61. The van der Waals surface area contributed by atoms with Gasteiger partial charge in [0.05, 0.1) is 28.1 Å². The van der Waals surface area contributed by atoms with E-state index >= 15 is 0 Å². The van der Waals surface area contributed by atoms with Gasteiger partial charge >= 0.3 is 0 Å². The van der Waals surface area contributed by atoms with Gasteiger partial charge in [0.25, 0.3) is 5.69 Å². The minimum absolute atomic E-state index is 0.102. The summed E-state index contributed by atoms with van der Waals surface area (Å²) in [5.74, 6) is 1.03. The molecule has 2 aromatic rings. The summed E-state index contributed by atoms with van der Waals surface area (Å²) >= 11 is 3.26. The normalized spacial score (nSPS) is 9.76. The van der Waals surface area contributed by atoms with E-state index in [4.69, 9.17) is 14.7 Å². The van der Waals surface area contributed by atoms with Crippen molar-refractivity contribution in [2.75, 3.05) is 7.11 Å². The van der Waals surface area contributed by atoms with Crippen molar-refractivity contribution < 1.29 is 14.4 Å². The third-order valence-corrected chi connectivity index (χ3v) is 3.31. The first-order chi connectivity index (χ1) is 10.0. The lowest BCUT2D eigenvalue weighted by atomic mass is 10.2. The molecule has 0 heterocycles. The molecule has 0 amide bonds. The largest absolute Gasteiger partial charge is 0.497 e. The number of hydrogen-bond acceptors (Lipinski definition) is 5. The molecule has 2 aromatic carbocycles. The highest BCUT2D eigenvalue weighted by Gasteiger charge is 2.13. The van der Waals surface area contributed by atoms with Crippen LogP contribution in [0.1, 0.15) is 5.56 Å². The van der Waals surface area contributed by atoms with Crippen LogP contribution < -0.4 is 9.47 Å². The van der Waals surface area contributed by atoms with E-state index < -0.39 is 4.92 Å². The predicted octanol–water partition coefficient (Wildman–Crippen LogP) is 4.03. The molecule has 21 heavy (non-hydrogen) atoms. The van der Waals surface area contributed by atoms with Gasteiger partial charge in [0.15, 0.2) is 0 Å². The summed E-state index contributed by atoms with van der Waals surface area (Å²) in [5, 5.41) is 19.9. The average molecular weight is 349 g/mol. The summed E-state index contributed by atoms with van der Waals surface area (Å²) in [5.41, 5.74) is 0.198. The Morgan fingerprint density at radius 2 is 2.00 bits per heavy atom. The van der Waals surface area contributed by atoms with Gasteiger partial charge in [-0.05, 0) is 34.1 Å². The molecule has 0 aromatic heterocycles. The van der Waals surface area contributed by atoms with Gasteiger partial charge in [-0.25, -0.2) is 0 Å². The van der Waals surface area contributed by atoms with Crippen molar-refractivity contribution in [3.8, 4) is 23.3 Å². The zero-order valence-electron chi connectivity index (χ0n) is 10.9. The molecule has 7 heteroatoms. The molecule has 0 fully saturated rings. The Kier molecular flexibility index (Phi) is 4.40. The van der Waals surface area contributed by atoms with Crippen LogP contribution >= 0.6 is 15.9 Å². The Hall–Kier alpha value is -2.59. The van der Waals surface area contributed by atoms with Gasteiger partial charge in [-0.15, -0.1) is 0 Å². The van der Waals surface area contributed by atoms with Crippen LogP contribution in [0.15, 0.2) is 40.9 Å². The van der Waals surface area contributed by atoms with Crippen LogP contribution in [0.4, 0.5) is 5.69 Å². The summed E-state index contributed by atoms with van der Waals surface area (Å²) in [6.07, 6.45) is 0. The number of nitriles is 1. The quantitative estimate of drug-likeness (QED) is 0.614. The molecule has 0 bridgehead atoms. The second-order valence-corrected chi connectivity index (χ2v) is 4.80. The maximum atomic E-state index is 10.8. The van der Waals surface area contributed by atoms with E-state index in [1.807, 2.05) is 6.07 Å². The van der Waals surface area contributed by atoms with Crippen molar-refractivity contribution in [1.29, 1.82) is 5.26 Å². The Balaban J connectivity index is 2.44. The van der Waals surface area contributed by atoms with Crippen molar-refractivity contribution in [1.82, 2.24) is 0 Å². The molecule has 0 saturated carbocycles. The number of nitro groups is 1. The van der Waals surface area contributed by atoms with Crippen LogP contribution in [-0.2, 0) is 0 Å². The summed E-state index contributed by atoms with van der Waals surface area (Å²) in [4.78, 5) is 10.3. The van der Waals surface area contributed by atoms with Crippen LogP contribution in [0.25, 0.3) is 0 Å². The topological polar surface area (TPSA) is 85.4 Å². The Morgan fingerprint density at radius 3 is 2.62 bits per heavy atom. The van der Waals surface area contributed by atoms with Crippen molar-refractivity contribution in [3.05, 3.63) is 56.5 Å². The van der Waals surface area contributed by atoms with Crippen molar-refractivity contribution in [2.24, 2.45) is 0 Å². The Bertz CT molecular complexity index is 740. The second-order valence-electron chi connectivity index (χ2n) is 3.95. The number of non-ortho nitro benzene ring substituents is 1. The molecule has 0 radical (unpaired) electrons. The fourth-order valence-corrected chi connectivity index (χ4v) is 1.94. The number of nitro benzene ring substituents is 1. The van der Waals surface area contributed by atoms with E-state index in [0.717, 1.165) is 0 Å². The standard InChI is InChI=1S/C14H9BrN2O4/c1-20-11-4-2-9(8-16)13(7-11)21-14-6-10(17(18)19)3-5-12(14)15/h2-7H,1H3. The monoisotopic (exact) mass is 348 g/mol. The van der Waals surface area contributed by atoms with Crippen LogP contribution in [-0.4, -0.2) is 12.0 Å². The maximum Gasteiger partial charge on any atom is 0.273 e. The second kappa shape index (κ2) is 6.24. The van der Waals surface area contributed by atoms with E-state index in [9.17, 15) is 10.1 Å². The predicted molar refractivity (Wildman–Crippen MR) is 78.6 cm³/mol. The van der Waals surface area contributed by atoms with Gasteiger partial charge in [0, 0.05) is 12.1 Å². The molecule has 0 atom stereocenters. The lowest BCUT2D eigenvalue weighted by molar-refractivity contribution is -0.384. The minimum atomic E-state index is -0.518. The first-order valence-corrected chi connectivity index (χ1v) is 6.54. The van der Waals surface area contributed by atoms with Gasteiger partial charge in [0.2, 0.25) is 0 Å². The first-order valence-electron chi connectivity index (χ1n) is 5.75.